The molecule has 1 aliphatic rings. The second kappa shape index (κ2) is 4.61. The van der Waals surface area contributed by atoms with E-state index in [9.17, 15) is 4.79 Å². The molecule has 0 saturated heterocycles. The first kappa shape index (κ1) is 9.72. The van der Waals surface area contributed by atoms with E-state index in [0.717, 1.165) is 32.3 Å². The topological polar surface area (TPSA) is 26.3 Å². The zero-order valence-electron chi connectivity index (χ0n) is 8.01. The second-order valence-corrected chi connectivity index (χ2v) is 3.78. The zero-order chi connectivity index (χ0) is 8.97. The molecule has 0 radical (unpaired) electrons. The van der Waals surface area contributed by atoms with Gasteiger partial charge in [0.15, 0.2) is 0 Å². The Balaban J connectivity index is 2.25. The lowest BCUT2D eigenvalue weighted by Crippen LogP contribution is -2.22. The van der Waals surface area contributed by atoms with Crippen LogP contribution in [0.5, 0.6) is 0 Å². The van der Waals surface area contributed by atoms with Gasteiger partial charge in [-0.1, -0.05) is 0 Å². The largest absolute Gasteiger partial charge is 0.384 e. The van der Waals surface area contributed by atoms with E-state index in [1.54, 1.807) is 14.0 Å². The Kier molecular flexibility index (Phi) is 3.73. The molecule has 0 N–H and O–H groups in total. The summed E-state index contributed by atoms with van der Waals surface area (Å²) < 4.78 is 5.09. The van der Waals surface area contributed by atoms with Gasteiger partial charge in [0.1, 0.15) is 5.78 Å². The number of carbonyl (C=O) groups is 1. The summed E-state index contributed by atoms with van der Waals surface area (Å²) in [5, 5.41) is 0. The van der Waals surface area contributed by atoms with Crippen molar-refractivity contribution >= 4 is 5.78 Å². The average Bonchev–Trinajstić information content (AvgIpc) is 2.06. The summed E-state index contributed by atoms with van der Waals surface area (Å²) in [6, 6.07) is 0. The Bertz CT molecular complexity index is 146. The van der Waals surface area contributed by atoms with Gasteiger partial charge in [-0.25, -0.2) is 0 Å². The summed E-state index contributed by atoms with van der Waals surface area (Å²) >= 11 is 0. The number of methoxy groups -OCH3 is 1. The maximum absolute atomic E-state index is 11.0. The van der Waals surface area contributed by atoms with Crippen molar-refractivity contribution in [3.63, 3.8) is 0 Å². The Morgan fingerprint density at radius 1 is 1.33 bits per heavy atom. The fourth-order valence-corrected chi connectivity index (χ4v) is 1.97. The number of carbonyl (C=O) groups excluding carboxylic acids is 1. The highest BCUT2D eigenvalue weighted by atomic mass is 16.5. The van der Waals surface area contributed by atoms with Gasteiger partial charge in [0.05, 0.1) is 0 Å². The third kappa shape index (κ3) is 2.59. The number of ether oxygens (including phenoxy) is 1. The maximum Gasteiger partial charge on any atom is 0.132 e. The molecule has 1 fully saturated rings. The van der Waals surface area contributed by atoms with E-state index in [1.165, 1.54) is 0 Å². The van der Waals surface area contributed by atoms with Gasteiger partial charge >= 0.3 is 0 Å². The number of hydrogen-bond acceptors (Lipinski definition) is 2. The van der Waals surface area contributed by atoms with E-state index in [-0.39, 0.29) is 0 Å². The lowest BCUT2D eigenvalue weighted by molar-refractivity contribution is -0.122. The summed E-state index contributed by atoms with van der Waals surface area (Å²) in [6.45, 7) is 2.58. The molecular weight excluding hydrogens is 152 g/mol. The minimum atomic E-state index is 0.345. The average molecular weight is 170 g/mol. The molecule has 0 aromatic rings. The molecule has 0 aromatic heterocycles. The summed E-state index contributed by atoms with van der Waals surface area (Å²) in [6.07, 6.45) is 4.48. The molecule has 0 amide bonds. The molecule has 0 aromatic carbocycles. The van der Waals surface area contributed by atoms with Crippen LogP contribution in [-0.4, -0.2) is 19.5 Å². The van der Waals surface area contributed by atoms with Crippen LogP contribution in [0.3, 0.4) is 0 Å². The van der Waals surface area contributed by atoms with Crippen molar-refractivity contribution in [3.8, 4) is 0 Å². The first-order valence-electron chi connectivity index (χ1n) is 4.73. The van der Waals surface area contributed by atoms with Crippen molar-refractivity contribution in [1.82, 2.24) is 0 Å². The molecule has 1 rings (SSSR count). The first-order chi connectivity index (χ1) is 5.74. The van der Waals surface area contributed by atoms with Gasteiger partial charge < -0.3 is 4.74 Å². The van der Waals surface area contributed by atoms with Crippen molar-refractivity contribution in [3.05, 3.63) is 0 Å². The van der Waals surface area contributed by atoms with E-state index in [2.05, 4.69) is 0 Å². The normalized spacial score (nSPS) is 30.2. The van der Waals surface area contributed by atoms with Gasteiger partial charge in [0.25, 0.3) is 0 Å². The molecule has 1 aliphatic carbocycles. The summed E-state index contributed by atoms with van der Waals surface area (Å²) in [7, 11) is 1.75. The van der Waals surface area contributed by atoms with E-state index in [1.807, 2.05) is 0 Å². The molecule has 0 heterocycles. The minimum Gasteiger partial charge on any atom is -0.384 e. The van der Waals surface area contributed by atoms with E-state index >= 15 is 0 Å². The van der Waals surface area contributed by atoms with Crippen molar-refractivity contribution in [2.75, 3.05) is 13.7 Å². The third-order valence-electron chi connectivity index (χ3n) is 2.82. The van der Waals surface area contributed by atoms with E-state index in [0.29, 0.717) is 17.6 Å². The van der Waals surface area contributed by atoms with E-state index in [4.69, 9.17) is 4.74 Å². The quantitative estimate of drug-likeness (QED) is 0.647. The molecule has 2 nitrogen and oxygen atoms in total. The number of rotatable bonds is 3. The van der Waals surface area contributed by atoms with Crippen molar-refractivity contribution in [2.45, 2.75) is 32.6 Å². The standard InChI is InChI=1S/C10H18O2/c1-8(11)10-5-3-9(4-6-10)7-12-2/h9-10H,3-7H2,1-2H3/t9-,10-. The highest BCUT2D eigenvalue weighted by Crippen LogP contribution is 2.29. The zero-order valence-corrected chi connectivity index (χ0v) is 8.01. The van der Waals surface area contributed by atoms with Gasteiger partial charge in [-0.2, -0.15) is 0 Å². The predicted octanol–water partition coefficient (Wildman–Crippen LogP) is 2.03. The maximum atomic E-state index is 11.0. The van der Waals surface area contributed by atoms with E-state index < -0.39 is 0 Å². The highest BCUT2D eigenvalue weighted by Gasteiger charge is 2.23. The van der Waals surface area contributed by atoms with Gasteiger partial charge in [-0.3, -0.25) is 4.79 Å². The smallest absolute Gasteiger partial charge is 0.132 e. The molecule has 0 unspecified atom stereocenters. The lowest BCUT2D eigenvalue weighted by Gasteiger charge is -2.26. The minimum absolute atomic E-state index is 0.345. The fourth-order valence-electron chi connectivity index (χ4n) is 1.97. The SMILES string of the molecule is COC[C@H]1CC[C@H](C(C)=O)CC1. The number of Topliss-reactive ketones (excluding diaryl/α,β-unsaturated/α-hetero) is 1. The van der Waals surface area contributed by atoms with Gasteiger partial charge in [-0.05, 0) is 38.5 Å². The second-order valence-electron chi connectivity index (χ2n) is 3.78. The van der Waals surface area contributed by atoms with Crippen molar-refractivity contribution in [2.24, 2.45) is 11.8 Å². The summed E-state index contributed by atoms with van der Waals surface area (Å²) in [5.74, 6) is 1.41. The van der Waals surface area contributed by atoms with Crippen molar-refractivity contribution in [1.29, 1.82) is 0 Å². The third-order valence-corrected chi connectivity index (χ3v) is 2.82. The van der Waals surface area contributed by atoms with Crippen LogP contribution in [0.4, 0.5) is 0 Å². The monoisotopic (exact) mass is 170 g/mol. The van der Waals surface area contributed by atoms with Crippen LogP contribution in [0.2, 0.25) is 0 Å². The fraction of sp³-hybridized carbons (Fsp3) is 0.900. The van der Waals surface area contributed by atoms with Crippen LogP contribution in [0.15, 0.2) is 0 Å². The van der Waals surface area contributed by atoms with Crippen LogP contribution in [-0.2, 0) is 9.53 Å². The van der Waals surface area contributed by atoms with Crippen LogP contribution >= 0.6 is 0 Å². The molecule has 0 atom stereocenters. The highest BCUT2D eigenvalue weighted by molar-refractivity contribution is 5.78. The molecule has 0 spiro atoms. The summed E-state index contributed by atoms with van der Waals surface area (Å²) in [5.41, 5.74) is 0. The molecule has 1 saturated carbocycles. The van der Waals surface area contributed by atoms with Gasteiger partial charge in [0, 0.05) is 19.6 Å². The Morgan fingerprint density at radius 3 is 2.33 bits per heavy atom. The first-order valence-corrected chi connectivity index (χ1v) is 4.73. The van der Waals surface area contributed by atoms with Crippen LogP contribution in [0.1, 0.15) is 32.6 Å². The Labute approximate surface area is 74.3 Å². The summed E-state index contributed by atoms with van der Waals surface area (Å²) in [4.78, 5) is 11.0. The predicted molar refractivity (Wildman–Crippen MR) is 48.0 cm³/mol. The lowest BCUT2D eigenvalue weighted by atomic mass is 9.81. The number of ketones is 1. The van der Waals surface area contributed by atoms with Crippen LogP contribution in [0.25, 0.3) is 0 Å². The van der Waals surface area contributed by atoms with Crippen LogP contribution in [0, 0.1) is 11.8 Å². The molecule has 2 heteroatoms. The Morgan fingerprint density at radius 2 is 1.92 bits per heavy atom. The molecule has 70 valence electrons. The number of hydrogen-bond donors (Lipinski definition) is 0. The molecule has 0 aliphatic heterocycles. The van der Waals surface area contributed by atoms with Crippen LogP contribution < -0.4 is 0 Å². The van der Waals surface area contributed by atoms with Crippen molar-refractivity contribution < 1.29 is 9.53 Å². The molecule has 0 bridgehead atoms. The molecular formula is C10H18O2. The molecule has 12 heavy (non-hydrogen) atoms. The van der Waals surface area contributed by atoms with Gasteiger partial charge in [-0.15, -0.1) is 0 Å². The Hall–Kier alpha value is -0.370. The van der Waals surface area contributed by atoms with Gasteiger partial charge in [0.2, 0.25) is 0 Å².